The molecule has 104 valence electrons. The van der Waals surface area contributed by atoms with Crippen molar-refractivity contribution in [3.63, 3.8) is 0 Å². The molecule has 0 saturated carbocycles. The highest BCUT2D eigenvalue weighted by atomic mass is 35.5. The molecule has 1 nitrogen and oxygen atoms in total. The Morgan fingerprint density at radius 1 is 0.950 bits per heavy atom. The van der Waals surface area contributed by atoms with Gasteiger partial charge in [-0.3, -0.25) is 0 Å². The second-order valence-corrected chi connectivity index (χ2v) is 6.30. The number of hydrogen-bond acceptors (Lipinski definition) is 1. The lowest BCUT2D eigenvalue weighted by molar-refractivity contribution is 0.480. The van der Waals surface area contributed by atoms with Crippen molar-refractivity contribution in [2.75, 3.05) is 0 Å². The summed E-state index contributed by atoms with van der Waals surface area (Å²) >= 11 is 12.6. The van der Waals surface area contributed by atoms with Crippen LogP contribution in [0, 0.1) is 0 Å². The molecule has 2 N–H and O–H groups in total. The van der Waals surface area contributed by atoms with Gasteiger partial charge in [-0.15, -0.1) is 0 Å². The van der Waals surface area contributed by atoms with Gasteiger partial charge in [0.05, 0.1) is 5.54 Å². The normalized spacial score (nSPS) is 22.1. The largest absolute Gasteiger partial charge is 0.318 e. The molecule has 1 aliphatic rings. The van der Waals surface area contributed by atoms with E-state index >= 15 is 0 Å². The summed E-state index contributed by atoms with van der Waals surface area (Å²) in [5, 5.41) is 1.37. The van der Waals surface area contributed by atoms with Crippen LogP contribution in [0.4, 0.5) is 0 Å². The maximum absolute atomic E-state index is 6.82. The number of rotatable bonds is 1. The molecule has 2 aromatic carbocycles. The first kappa shape index (κ1) is 13.9. The lowest BCUT2D eigenvalue weighted by Gasteiger charge is -2.32. The van der Waals surface area contributed by atoms with Gasteiger partial charge in [-0.2, -0.15) is 0 Å². The Morgan fingerprint density at radius 2 is 1.75 bits per heavy atom. The Labute approximate surface area is 129 Å². The van der Waals surface area contributed by atoms with Crippen LogP contribution in [-0.2, 0) is 12.0 Å². The fourth-order valence-corrected chi connectivity index (χ4v) is 3.60. The van der Waals surface area contributed by atoms with E-state index in [1.807, 2.05) is 18.2 Å². The molecule has 0 radical (unpaired) electrons. The van der Waals surface area contributed by atoms with Gasteiger partial charge < -0.3 is 5.73 Å². The van der Waals surface area contributed by atoms with E-state index in [2.05, 4.69) is 18.2 Å². The monoisotopic (exact) mass is 305 g/mol. The fourth-order valence-electron chi connectivity index (χ4n) is 3.15. The molecule has 2 aromatic rings. The van der Waals surface area contributed by atoms with Gasteiger partial charge in [0.25, 0.3) is 0 Å². The Balaban J connectivity index is 2.22. The van der Waals surface area contributed by atoms with Crippen LogP contribution in [0.3, 0.4) is 0 Å². The van der Waals surface area contributed by atoms with Crippen LogP contribution in [0.1, 0.15) is 36.0 Å². The summed E-state index contributed by atoms with van der Waals surface area (Å²) in [6.07, 6.45) is 4.22. The summed E-state index contributed by atoms with van der Waals surface area (Å²) in [6, 6.07) is 14.0. The second-order valence-electron chi connectivity index (χ2n) is 5.46. The number of halogens is 2. The molecule has 0 saturated heterocycles. The third kappa shape index (κ3) is 2.35. The van der Waals surface area contributed by atoms with Crippen LogP contribution >= 0.6 is 23.2 Å². The topological polar surface area (TPSA) is 26.0 Å². The van der Waals surface area contributed by atoms with Crippen molar-refractivity contribution in [2.24, 2.45) is 5.73 Å². The predicted molar refractivity (Wildman–Crippen MR) is 85.4 cm³/mol. The summed E-state index contributed by atoms with van der Waals surface area (Å²) in [7, 11) is 0. The zero-order valence-electron chi connectivity index (χ0n) is 11.2. The summed E-state index contributed by atoms with van der Waals surface area (Å²) in [5.41, 5.74) is 9.71. The van der Waals surface area contributed by atoms with Crippen LogP contribution in [0.2, 0.25) is 10.0 Å². The third-order valence-electron chi connectivity index (χ3n) is 4.17. The van der Waals surface area contributed by atoms with Crippen molar-refractivity contribution in [3.8, 4) is 0 Å². The summed E-state index contributed by atoms with van der Waals surface area (Å²) in [5.74, 6) is 0. The number of hydrogen-bond donors (Lipinski definition) is 1. The van der Waals surface area contributed by atoms with E-state index in [0.29, 0.717) is 10.0 Å². The van der Waals surface area contributed by atoms with Crippen molar-refractivity contribution >= 4 is 23.2 Å². The molecule has 0 bridgehead atoms. The van der Waals surface area contributed by atoms with Crippen molar-refractivity contribution in [3.05, 3.63) is 69.2 Å². The molecule has 1 unspecified atom stereocenters. The predicted octanol–water partition coefficient (Wildman–Crippen LogP) is 4.92. The van der Waals surface area contributed by atoms with Crippen molar-refractivity contribution in [1.82, 2.24) is 0 Å². The molecular weight excluding hydrogens is 289 g/mol. The maximum Gasteiger partial charge on any atom is 0.0683 e. The van der Waals surface area contributed by atoms with Crippen LogP contribution in [0.5, 0.6) is 0 Å². The molecule has 0 aliphatic heterocycles. The molecule has 1 aliphatic carbocycles. The summed E-state index contributed by atoms with van der Waals surface area (Å²) < 4.78 is 0. The minimum atomic E-state index is -0.547. The number of benzene rings is 2. The first-order valence-corrected chi connectivity index (χ1v) is 7.70. The zero-order valence-corrected chi connectivity index (χ0v) is 12.7. The lowest BCUT2D eigenvalue weighted by Crippen LogP contribution is -2.38. The fraction of sp³-hybridized carbons (Fsp3) is 0.294. The van der Waals surface area contributed by atoms with Crippen LogP contribution in [-0.4, -0.2) is 0 Å². The Morgan fingerprint density at radius 3 is 2.60 bits per heavy atom. The van der Waals surface area contributed by atoms with Crippen LogP contribution in [0.15, 0.2) is 42.5 Å². The van der Waals surface area contributed by atoms with E-state index in [1.54, 1.807) is 6.07 Å². The average Bonchev–Trinajstić information content (AvgIpc) is 2.62. The standard InChI is InChI=1S/C17H17Cl2N/c18-13-8-9-16(19)15(11-13)17(20)10-4-3-6-12-5-1-2-7-14(12)17/h1-2,5,7-9,11H,3-4,6,10,20H2. The third-order valence-corrected chi connectivity index (χ3v) is 4.74. The van der Waals surface area contributed by atoms with Gasteiger partial charge >= 0.3 is 0 Å². The van der Waals surface area contributed by atoms with Crippen molar-refractivity contribution in [1.29, 1.82) is 0 Å². The second kappa shape index (κ2) is 5.40. The van der Waals surface area contributed by atoms with Gasteiger partial charge in [0.1, 0.15) is 0 Å². The lowest BCUT2D eigenvalue weighted by atomic mass is 9.79. The van der Waals surface area contributed by atoms with E-state index in [9.17, 15) is 0 Å². The molecule has 0 amide bonds. The molecule has 0 spiro atoms. The molecule has 3 rings (SSSR count). The molecule has 20 heavy (non-hydrogen) atoms. The van der Waals surface area contributed by atoms with Gasteiger partial charge in [0, 0.05) is 10.0 Å². The van der Waals surface area contributed by atoms with Crippen molar-refractivity contribution < 1.29 is 0 Å². The van der Waals surface area contributed by atoms with E-state index in [1.165, 1.54) is 11.1 Å². The summed E-state index contributed by atoms with van der Waals surface area (Å²) in [4.78, 5) is 0. The Kier molecular flexibility index (Phi) is 3.76. The number of aryl methyl sites for hydroxylation is 1. The van der Waals surface area contributed by atoms with Gasteiger partial charge in [-0.1, -0.05) is 53.9 Å². The molecule has 0 fully saturated rings. The zero-order chi connectivity index (χ0) is 14.2. The van der Waals surface area contributed by atoms with Gasteiger partial charge in [0.2, 0.25) is 0 Å². The van der Waals surface area contributed by atoms with Crippen molar-refractivity contribution in [2.45, 2.75) is 31.2 Å². The molecule has 3 heteroatoms. The highest BCUT2D eigenvalue weighted by Crippen LogP contribution is 2.41. The van der Waals surface area contributed by atoms with E-state index < -0.39 is 5.54 Å². The number of nitrogens with two attached hydrogens (primary N) is 1. The smallest absolute Gasteiger partial charge is 0.0683 e. The van der Waals surface area contributed by atoms with E-state index in [4.69, 9.17) is 28.9 Å². The maximum atomic E-state index is 6.82. The van der Waals surface area contributed by atoms with E-state index in [0.717, 1.165) is 31.2 Å². The first-order valence-electron chi connectivity index (χ1n) is 6.94. The molecule has 1 atom stereocenters. The first-order chi connectivity index (χ1) is 9.61. The molecular formula is C17H17Cl2N. The quantitative estimate of drug-likeness (QED) is 0.743. The number of fused-ring (bicyclic) bond motifs is 1. The molecule has 0 heterocycles. The molecule has 0 aromatic heterocycles. The highest BCUT2D eigenvalue weighted by molar-refractivity contribution is 6.33. The van der Waals surface area contributed by atoms with Gasteiger partial charge in [-0.05, 0) is 54.2 Å². The SMILES string of the molecule is NC1(c2cc(Cl)ccc2Cl)CCCCc2ccccc21. The minimum Gasteiger partial charge on any atom is -0.318 e. The average molecular weight is 306 g/mol. The Hall–Kier alpha value is -1.02. The van der Waals surface area contributed by atoms with E-state index in [-0.39, 0.29) is 0 Å². The van der Waals surface area contributed by atoms with Gasteiger partial charge in [0.15, 0.2) is 0 Å². The Bertz CT molecular complexity index is 639. The van der Waals surface area contributed by atoms with Crippen LogP contribution < -0.4 is 5.73 Å². The minimum absolute atomic E-state index is 0.547. The van der Waals surface area contributed by atoms with Gasteiger partial charge in [-0.25, -0.2) is 0 Å². The summed E-state index contributed by atoms with van der Waals surface area (Å²) in [6.45, 7) is 0. The van der Waals surface area contributed by atoms with Crippen LogP contribution in [0.25, 0.3) is 0 Å². The highest BCUT2D eigenvalue weighted by Gasteiger charge is 2.34.